The number of hydrogen-bond donors (Lipinski definition) is 2. The van der Waals surface area contributed by atoms with Gasteiger partial charge in [0.2, 0.25) is 0 Å². The molecule has 2 N–H and O–H groups in total. The van der Waals surface area contributed by atoms with E-state index in [9.17, 15) is 9.59 Å². The summed E-state index contributed by atoms with van der Waals surface area (Å²) in [6.07, 6.45) is 3.61. The van der Waals surface area contributed by atoms with E-state index in [0.717, 1.165) is 24.0 Å². The average Bonchev–Trinajstić information content (AvgIpc) is 2.79. The molecule has 0 amide bonds. The number of unbranched alkanes of at least 4 members (excludes halogenated alkanes) is 1. The van der Waals surface area contributed by atoms with Crippen LogP contribution in [0.15, 0.2) is 60.7 Å². The highest BCUT2D eigenvalue weighted by Gasteiger charge is 2.03. The van der Waals surface area contributed by atoms with Gasteiger partial charge in [-0.2, -0.15) is 0 Å². The van der Waals surface area contributed by atoms with Crippen LogP contribution in [0.1, 0.15) is 36.8 Å². The number of carbonyl (C=O) groups excluding carboxylic acids is 2. The SMILES string of the molecule is O=C(CCc1ccccc1)OCCCCO.O=C(CCc1ccccc1)OCCO. The molecule has 0 fully saturated rings. The lowest BCUT2D eigenvalue weighted by Gasteiger charge is -2.04. The normalized spacial score (nSPS) is 9.93. The summed E-state index contributed by atoms with van der Waals surface area (Å²) >= 11 is 0. The number of benzene rings is 2. The molecule has 2 rings (SSSR count). The van der Waals surface area contributed by atoms with Crippen LogP contribution in [0.5, 0.6) is 0 Å². The van der Waals surface area contributed by atoms with Crippen molar-refractivity contribution in [3.8, 4) is 0 Å². The Morgan fingerprint density at radius 3 is 1.53 bits per heavy atom. The van der Waals surface area contributed by atoms with Crippen molar-refractivity contribution in [1.29, 1.82) is 0 Å². The molecular weight excluding hydrogens is 384 g/mol. The number of rotatable bonds is 12. The molecule has 0 saturated carbocycles. The van der Waals surface area contributed by atoms with Gasteiger partial charge in [-0.3, -0.25) is 9.59 Å². The molecule has 0 heterocycles. The number of aliphatic hydroxyl groups is 2. The molecule has 0 aliphatic heterocycles. The van der Waals surface area contributed by atoms with Crippen LogP contribution in [0.2, 0.25) is 0 Å². The number of carbonyl (C=O) groups is 2. The molecule has 0 aliphatic rings. The molecule has 30 heavy (non-hydrogen) atoms. The van der Waals surface area contributed by atoms with E-state index in [1.54, 1.807) is 0 Å². The standard InChI is InChI=1S/C13H18O3.C11H14O3/c14-10-4-5-11-16-13(15)9-8-12-6-2-1-3-7-12;12-8-9-14-11(13)7-6-10-4-2-1-3-5-10/h1-3,6-7,14H,4-5,8-11H2;1-5,12H,6-9H2. The summed E-state index contributed by atoms with van der Waals surface area (Å²) in [5.41, 5.74) is 2.27. The van der Waals surface area contributed by atoms with Gasteiger partial charge in [0.15, 0.2) is 0 Å². The van der Waals surface area contributed by atoms with Gasteiger partial charge in [-0.1, -0.05) is 60.7 Å². The maximum absolute atomic E-state index is 11.3. The Bertz CT molecular complexity index is 687. The van der Waals surface area contributed by atoms with Gasteiger partial charge in [0.05, 0.1) is 13.2 Å². The van der Waals surface area contributed by atoms with Crippen molar-refractivity contribution in [1.82, 2.24) is 0 Å². The summed E-state index contributed by atoms with van der Waals surface area (Å²) in [4.78, 5) is 22.3. The fourth-order valence-corrected chi connectivity index (χ4v) is 2.49. The van der Waals surface area contributed by atoms with Gasteiger partial charge >= 0.3 is 11.9 Å². The van der Waals surface area contributed by atoms with E-state index in [-0.39, 0.29) is 31.8 Å². The van der Waals surface area contributed by atoms with Gasteiger partial charge in [-0.15, -0.1) is 0 Å². The van der Waals surface area contributed by atoms with Crippen molar-refractivity contribution in [2.45, 2.75) is 38.5 Å². The molecule has 0 aromatic heterocycles. The number of aryl methyl sites for hydroxylation is 2. The van der Waals surface area contributed by atoms with E-state index >= 15 is 0 Å². The summed E-state index contributed by atoms with van der Waals surface area (Å²) in [5.74, 6) is -0.426. The first kappa shape index (κ1) is 25.3. The minimum absolute atomic E-state index is 0.0909. The second-order valence-electron chi connectivity index (χ2n) is 6.57. The highest BCUT2D eigenvalue weighted by Crippen LogP contribution is 2.04. The zero-order valence-electron chi connectivity index (χ0n) is 17.4. The Balaban J connectivity index is 0.000000303. The van der Waals surface area contributed by atoms with Crippen LogP contribution in [0.25, 0.3) is 0 Å². The minimum Gasteiger partial charge on any atom is -0.466 e. The van der Waals surface area contributed by atoms with E-state index in [4.69, 9.17) is 19.7 Å². The summed E-state index contributed by atoms with van der Waals surface area (Å²) in [6, 6.07) is 19.6. The van der Waals surface area contributed by atoms with E-state index in [2.05, 4.69) is 0 Å². The van der Waals surface area contributed by atoms with Gasteiger partial charge in [0.1, 0.15) is 6.61 Å². The van der Waals surface area contributed by atoms with Crippen LogP contribution in [-0.2, 0) is 31.9 Å². The highest BCUT2D eigenvalue weighted by atomic mass is 16.5. The molecular formula is C24H32O6. The lowest BCUT2D eigenvalue weighted by Crippen LogP contribution is -2.09. The number of esters is 2. The van der Waals surface area contributed by atoms with Crippen LogP contribution in [0.4, 0.5) is 0 Å². The first-order valence-corrected chi connectivity index (χ1v) is 10.3. The minimum atomic E-state index is -0.261. The van der Waals surface area contributed by atoms with Gasteiger partial charge in [0.25, 0.3) is 0 Å². The third-order valence-corrected chi connectivity index (χ3v) is 4.09. The fraction of sp³-hybridized carbons (Fsp3) is 0.417. The molecule has 0 unspecified atom stereocenters. The maximum atomic E-state index is 11.3. The van der Waals surface area contributed by atoms with Crippen LogP contribution < -0.4 is 0 Å². The Kier molecular flexibility index (Phi) is 14.5. The first-order chi connectivity index (χ1) is 14.7. The van der Waals surface area contributed by atoms with E-state index in [0.29, 0.717) is 32.3 Å². The van der Waals surface area contributed by atoms with Crippen molar-refractivity contribution in [3.05, 3.63) is 71.8 Å². The second kappa shape index (κ2) is 17.2. The molecule has 6 nitrogen and oxygen atoms in total. The summed E-state index contributed by atoms with van der Waals surface area (Å²) in [5, 5.41) is 17.0. The van der Waals surface area contributed by atoms with Crippen molar-refractivity contribution in [2.24, 2.45) is 0 Å². The topological polar surface area (TPSA) is 93.1 Å². The quantitative estimate of drug-likeness (QED) is 0.408. The Labute approximate surface area is 178 Å². The van der Waals surface area contributed by atoms with Crippen LogP contribution in [-0.4, -0.2) is 48.6 Å². The molecule has 0 saturated heterocycles. The molecule has 2 aromatic carbocycles. The smallest absolute Gasteiger partial charge is 0.306 e. The summed E-state index contributed by atoms with van der Waals surface area (Å²) in [6.45, 7) is 0.542. The first-order valence-electron chi connectivity index (χ1n) is 10.3. The zero-order chi connectivity index (χ0) is 21.9. The molecule has 0 atom stereocenters. The van der Waals surface area contributed by atoms with Crippen LogP contribution in [0.3, 0.4) is 0 Å². The second-order valence-corrected chi connectivity index (χ2v) is 6.57. The predicted octanol–water partition coefficient (Wildman–Crippen LogP) is 3.09. The molecule has 6 heteroatoms. The maximum Gasteiger partial charge on any atom is 0.306 e. The molecule has 0 aliphatic carbocycles. The van der Waals surface area contributed by atoms with Crippen LogP contribution >= 0.6 is 0 Å². The third-order valence-electron chi connectivity index (χ3n) is 4.09. The van der Waals surface area contributed by atoms with E-state index < -0.39 is 0 Å². The number of hydrogen-bond acceptors (Lipinski definition) is 6. The molecule has 0 spiro atoms. The van der Waals surface area contributed by atoms with Gasteiger partial charge < -0.3 is 19.7 Å². The fourth-order valence-electron chi connectivity index (χ4n) is 2.49. The Hall–Kier alpha value is -2.70. The van der Waals surface area contributed by atoms with Crippen molar-refractivity contribution >= 4 is 11.9 Å². The third kappa shape index (κ3) is 13.5. The lowest BCUT2D eigenvalue weighted by atomic mass is 10.1. The van der Waals surface area contributed by atoms with Crippen LogP contribution in [0, 0.1) is 0 Å². The Morgan fingerprint density at radius 2 is 1.10 bits per heavy atom. The number of ether oxygens (including phenoxy) is 2. The van der Waals surface area contributed by atoms with Gasteiger partial charge in [0, 0.05) is 19.4 Å². The largest absolute Gasteiger partial charge is 0.466 e. The zero-order valence-corrected chi connectivity index (χ0v) is 17.4. The van der Waals surface area contributed by atoms with Crippen molar-refractivity contribution in [2.75, 3.05) is 26.4 Å². The van der Waals surface area contributed by atoms with Crippen molar-refractivity contribution in [3.63, 3.8) is 0 Å². The highest BCUT2D eigenvalue weighted by molar-refractivity contribution is 5.70. The summed E-state index contributed by atoms with van der Waals surface area (Å²) in [7, 11) is 0. The van der Waals surface area contributed by atoms with Gasteiger partial charge in [-0.25, -0.2) is 0 Å². The summed E-state index contributed by atoms with van der Waals surface area (Å²) < 4.78 is 9.74. The van der Waals surface area contributed by atoms with E-state index in [1.807, 2.05) is 60.7 Å². The Morgan fingerprint density at radius 1 is 0.633 bits per heavy atom. The van der Waals surface area contributed by atoms with Crippen molar-refractivity contribution < 1.29 is 29.3 Å². The molecule has 0 radical (unpaired) electrons. The monoisotopic (exact) mass is 416 g/mol. The molecule has 164 valence electrons. The number of aliphatic hydroxyl groups excluding tert-OH is 2. The lowest BCUT2D eigenvalue weighted by molar-refractivity contribution is -0.145. The van der Waals surface area contributed by atoms with E-state index in [1.165, 1.54) is 0 Å². The van der Waals surface area contributed by atoms with Gasteiger partial charge in [-0.05, 0) is 36.8 Å². The molecule has 0 bridgehead atoms. The molecule has 2 aromatic rings. The predicted molar refractivity (Wildman–Crippen MR) is 115 cm³/mol. The average molecular weight is 417 g/mol.